The van der Waals surface area contributed by atoms with Crippen LogP contribution in [0.1, 0.15) is 42.5 Å². The molecule has 28 heavy (non-hydrogen) atoms. The van der Waals surface area contributed by atoms with Gasteiger partial charge in [-0.3, -0.25) is 4.79 Å². The van der Waals surface area contributed by atoms with E-state index in [0.29, 0.717) is 17.7 Å². The third-order valence-electron chi connectivity index (χ3n) is 5.56. The average molecular weight is 402 g/mol. The van der Waals surface area contributed by atoms with Crippen LogP contribution in [0.25, 0.3) is 5.70 Å². The van der Waals surface area contributed by atoms with Gasteiger partial charge in [-0.05, 0) is 55.7 Å². The van der Waals surface area contributed by atoms with Gasteiger partial charge in [0.25, 0.3) is 0 Å². The molecule has 0 aliphatic heterocycles. The average Bonchev–Trinajstić information content (AvgIpc) is 3.08. The maximum atomic E-state index is 11.7. The number of imidazole rings is 1. The highest BCUT2D eigenvalue weighted by molar-refractivity contribution is 6.28. The van der Waals surface area contributed by atoms with Crippen LogP contribution in [0.15, 0.2) is 37.0 Å². The van der Waals surface area contributed by atoms with Crippen LogP contribution < -0.4 is 5.32 Å². The number of benzene rings is 1. The summed E-state index contributed by atoms with van der Waals surface area (Å²) in [7, 11) is 1.46. The molecular weight excluding hydrogens is 374 g/mol. The number of rotatable bonds is 7. The van der Waals surface area contributed by atoms with Crippen molar-refractivity contribution in [3.8, 4) is 0 Å². The van der Waals surface area contributed by atoms with Crippen molar-refractivity contribution in [3.05, 3.63) is 59.1 Å². The number of halogens is 1. The molecule has 1 fully saturated rings. The van der Waals surface area contributed by atoms with Crippen LogP contribution in [0.5, 0.6) is 0 Å². The van der Waals surface area contributed by atoms with Crippen LogP contribution in [0, 0.1) is 18.8 Å². The minimum atomic E-state index is -0.0783. The number of nitrogens with one attached hydrogen (secondary N) is 1. The summed E-state index contributed by atoms with van der Waals surface area (Å²) in [6.45, 7) is 7.75. The van der Waals surface area contributed by atoms with Gasteiger partial charge in [0.2, 0.25) is 5.28 Å². The van der Waals surface area contributed by atoms with Crippen LogP contribution >= 0.6 is 11.6 Å². The highest BCUT2D eigenvalue weighted by Gasteiger charge is 2.26. The van der Waals surface area contributed by atoms with E-state index in [2.05, 4.69) is 48.1 Å². The zero-order chi connectivity index (χ0) is 20.1. The van der Waals surface area contributed by atoms with Gasteiger partial charge in [0.05, 0.1) is 37.2 Å². The van der Waals surface area contributed by atoms with E-state index < -0.39 is 0 Å². The molecule has 0 spiro atoms. The number of aryl methyl sites for hydroxylation is 1. The lowest BCUT2D eigenvalue weighted by Crippen LogP contribution is -2.29. The normalized spacial score (nSPS) is 19.2. The lowest BCUT2D eigenvalue weighted by atomic mass is 9.82. The SMILES string of the molecule is C=C(NCC1CCC(C(=O)OC)CC1)c1cnc(Cl)n1Cc1ccc(C)cc1. The van der Waals surface area contributed by atoms with Crippen molar-refractivity contribution >= 4 is 23.3 Å². The summed E-state index contributed by atoms with van der Waals surface area (Å²) in [4.78, 5) is 15.9. The number of esters is 1. The zero-order valence-corrected chi connectivity index (χ0v) is 17.3. The molecule has 6 heteroatoms. The summed E-state index contributed by atoms with van der Waals surface area (Å²) in [5.74, 6) is 0.506. The van der Waals surface area contributed by atoms with Gasteiger partial charge >= 0.3 is 5.97 Å². The number of aromatic nitrogens is 2. The molecule has 150 valence electrons. The first-order valence-corrected chi connectivity index (χ1v) is 10.1. The molecule has 0 atom stereocenters. The van der Waals surface area contributed by atoms with Crippen molar-refractivity contribution in [1.29, 1.82) is 0 Å². The highest BCUT2D eigenvalue weighted by Crippen LogP contribution is 2.29. The summed E-state index contributed by atoms with van der Waals surface area (Å²) in [5.41, 5.74) is 4.12. The van der Waals surface area contributed by atoms with Crippen LogP contribution in [0.2, 0.25) is 5.28 Å². The van der Waals surface area contributed by atoms with E-state index in [1.807, 2.05) is 4.57 Å². The maximum Gasteiger partial charge on any atom is 0.308 e. The summed E-state index contributed by atoms with van der Waals surface area (Å²) < 4.78 is 6.83. The molecule has 1 aromatic carbocycles. The lowest BCUT2D eigenvalue weighted by molar-refractivity contribution is -0.146. The van der Waals surface area contributed by atoms with Gasteiger partial charge in [-0.1, -0.05) is 36.4 Å². The Morgan fingerprint density at radius 3 is 2.61 bits per heavy atom. The van der Waals surface area contributed by atoms with Gasteiger partial charge in [0.1, 0.15) is 0 Å². The predicted octanol–water partition coefficient (Wildman–Crippen LogP) is 4.43. The molecule has 1 aromatic heterocycles. The quantitative estimate of drug-likeness (QED) is 0.697. The van der Waals surface area contributed by atoms with E-state index in [9.17, 15) is 4.79 Å². The second-order valence-corrected chi connectivity index (χ2v) is 7.92. The second kappa shape index (κ2) is 9.28. The molecule has 0 amide bonds. The van der Waals surface area contributed by atoms with Gasteiger partial charge in [-0.25, -0.2) is 4.98 Å². The number of ether oxygens (including phenoxy) is 1. The Kier molecular flexibility index (Phi) is 6.79. The predicted molar refractivity (Wildman–Crippen MR) is 112 cm³/mol. The molecule has 1 aliphatic carbocycles. The molecule has 1 saturated carbocycles. The van der Waals surface area contributed by atoms with Crippen molar-refractivity contribution in [3.63, 3.8) is 0 Å². The van der Waals surface area contributed by atoms with E-state index in [-0.39, 0.29) is 11.9 Å². The number of hydrogen-bond donors (Lipinski definition) is 1. The standard InChI is InChI=1S/C22H28ClN3O2/c1-15-4-6-18(7-5-15)14-26-20(13-25-22(26)23)16(2)24-12-17-8-10-19(11-9-17)21(27)28-3/h4-7,13,17,19,24H,2,8-12,14H2,1,3H3. The molecular formula is C22H28ClN3O2. The van der Waals surface area contributed by atoms with Crippen molar-refractivity contribution < 1.29 is 9.53 Å². The topological polar surface area (TPSA) is 56.1 Å². The molecule has 0 bridgehead atoms. The highest BCUT2D eigenvalue weighted by atomic mass is 35.5. The molecule has 1 aliphatic rings. The number of nitrogens with zero attached hydrogens (tertiary/aromatic N) is 2. The largest absolute Gasteiger partial charge is 0.469 e. The van der Waals surface area contributed by atoms with Gasteiger partial charge in [0, 0.05) is 6.54 Å². The summed E-state index contributed by atoms with van der Waals surface area (Å²) in [6.07, 6.45) is 5.58. The van der Waals surface area contributed by atoms with Crippen LogP contribution in [-0.4, -0.2) is 29.2 Å². The molecule has 0 saturated heterocycles. The first kappa shape index (κ1) is 20.5. The van der Waals surface area contributed by atoms with Crippen molar-refractivity contribution in [2.75, 3.05) is 13.7 Å². The minimum Gasteiger partial charge on any atom is -0.469 e. The van der Waals surface area contributed by atoms with Gasteiger partial charge < -0.3 is 14.6 Å². The summed E-state index contributed by atoms with van der Waals surface area (Å²) in [5, 5.41) is 3.90. The Labute approximate surface area is 171 Å². The number of hydrogen-bond acceptors (Lipinski definition) is 4. The van der Waals surface area contributed by atoms with Crippen LogP contribution in [0.3, 0.4) is 0 Å². The molecule has 3 rings (SSSR count). The molecule has 0 unspecified atom stereocenters. The number of carbonyl (C=O) groups is 1. The lowest BCUT2D eigenvalue weighted by Gasteiger charge is -2.27. The first-order chi connectivity index (χ1) is 13.5. The third-order valence-corrected chi connectivity index (χ3v) is 5.86. The number of carbonyl (C=O) groups excluding carboxylic acids is 1. The van der Waals surface area contributed by atoms with E-state index in [1.165, 1.54) is 18.2 Å². The summed E-state index contributed by atoms with van der Waals surface area (Å²) in [6, 6.07) is 8.39. The first-order valence-electron chi connectivity index (χ1n) is 9.75. The Bertz CT molecular complexity index is 821. The fourth-order valence-electron chi connectivity index (χ4n) is 3.75. The Morgan fingerprint density at radius 2 is 1.96 bits per heavy atom. The molecule has 2 aromatic rings. The molecule has 1 N–H and O–H groups in total. The smallest absolute Gasteiger partial charge is 0.308 e. The van der Waals surface area contributed by atoms with Gasteiger partial charge in [-0.15, -0.1) is 0 Å². The maximum absolute atomic E-state index is 11.7. The molecule has 1 heterocycles. The zero-order valence-electron chi connectivity index (χ0n) is 16.6. The van der Waals surface area contributed by atoms with Crippen molar-refractivity contribution in [1.82, 2.24) is 14.9 Å². The third kappa shape index (κ3) is 4.96. The van der Waals surface area contributed by atoms with Crippen LogP contribution in [0.4, 0.5) is 0 Å². The van der Waals surface area contributed by atoms with E-state index in [1.54, 1.807) is 6.20 Å². The monoisotopic (exact) mass is 401 g/mol. The van der Waals surface area contributed by atoms with E-state index in [4.69, 9.17) is 16.3 Å². The van der Waals surface area contributed by atoms with Crippen LogP contribution in [-0.2, 0) is 16.1 Å². The summed E-state index contributed by atoms with van der Waals surface area (Å²) >= 11 is 6.32. The fraction of sp³-hybridized carbons (Fsp3) is 0.455. The van der Waals surface area contributed by atoms with E-state index in [0.717, 1.165) is 43.6 Å². The van der Waals surface area contributed by atoms with Gasteiger partial charge in [0.15, 0.2) is 0 Å². The Balaban J connectivity index is 1.57. The number of methoxy groups -OCH3 is 1. The fourth-order valence-corrected chi connectivity index (χ4v) is 3.95. The molecule has 0 radical (unpaired) electrons. The second-order valence-electron chi connectivity index (χ2n) is 7.58. The van der Waals surface area contributed by atoms with E-state index >= 15 is 0 Å². The van der Waals surface area contributed by atoms with Crippen molar-refractivity contribution in [2.24, 2.45) is 11.8 Å². The Morgan fingerprint density at radius 1 is 1.29 bits per heavy atom. The van der Waals surface area contributed by atoms with Crippen molar-refractivity contribution in [2.45, 2.75) is 39.2 Å². The minimum absolute atomic E-state index is 0.0548. The molecule has 5 nitrogen and oxygen atoms in total. The van der Waals surface area contributed by atoms with Gasteiger partial charge in [-0.2, -0.15) is 0 Å². The Hall–Kier alpha value is -2.27.